The van der Waals surface area contributed by atoms with Gasteiger partial charge in [0.05, 0.1) is 11.4 Å². The van der Waals surface area contributed by atoms with Crippen molar-refractivity contribution < 1.29 is 8.42 Å². The second-order valence-corrected chi connectivity index (χ2v) is 8.15. The first-order chi connectivity index (χ1) is 9.70. The molecule has 0 atom stereocenters. The minimum atomic E-state index is -3.76. The van der Waals surface area contributed by atoms with Gasteiger partial charge in [-0.25, -0.2) is 8.42 Å². The average molecular weight is 434 g/mol. The van der Waals surface area contributed by atoms with Crippen LogP contribution in [-0.2, 0) is 10.0 Å². The van der Waals surface area contributed by atoms with E-state index >= 15 is 0 Å². The van der Waals surface area contributed by atoms with Crippen LogP contribution < -0.4 is 10.5 Å². The highest BCUT2D eigenvalue weighted by atomic mass is 79.9. The van der Waals surface area contributed by atoms with Crippen LogP contribution in [0.4, 0.5) is 11.4 Å². The fraction of sp³-hybridized carbons (Fsp3) is 0.143. The molecule has 0 saturated heterocycles. The highest BCUT2D eigenvalue weighted by Gasteiger charge is 2.20. The minimum Gasteiger partial charge on any atom is -0.398 e. The van der Waals surface area contributed by atoms with Crippen LogP contribution in [0.2, 0.25) is 0 Å². The lowest BCUT2D eigenvalue weighted by Gasteiger charge is -2.14. The van der Waals surface area contributed by atoms with Gasteiger partial charge in [0, 0.05) is 8.95 Å². The Balaban J connectivity index is 2.50. The number of sulfonamides is 1. The first-order valence-corrected chi connectivity index (χ1v) is 9.12. The van der Waals surface area contributed by atoms with Crippen LogP contribution in [0.5, 0.6) is 0 Å². The van der Waals surface area contributed by atoms with Crippen molar-refractivity contribution in [1.82, 2.24) is 0 Å². The molecule has 4 nitrogen and oxygen atoms in total. The molecule has 7 heteroatoms. The average Bonchev–Trinajstić information content (AvgIpc) is 2.36. The Bertz CT molecular complexity index is 782. The van der Waals surface area contributed by atoms with Crippen LogP contribution in [0.3, 0.4) is 0 Å². The molecule has 0 amide bonds. The molecule has 3 N–H and O–H groups in total. The van der Waals surface area contributed by atoms with Gasteiger partial charge in [0.2, 0.25) is 0 Å². The molecule has 21 heavy (non-hydrogen) atoms. The standard InChI is InChI=1S/C14H14Br2N2O2S/c1-8-5-9(2)14(11(16)6-8)18-21(19,20)13-7-10(15)3-4-12(13)17/h3-7,18H,17H2,1-2H3. The van der Waals surface area contributed by atoms with Crippen molar-refractivity contribution >= 4 is 53.3 Å². The highest BCUT2D eigenvalue weighted by Crippen LogP contribution is 2.31. The maximum atomic E-state index is 12.5. The third-order valence-corrected chi connectivity index (χ3v) is 5.46. The van der Waals surface area contributed by atoms with E-state index in [1.807, 2.05) is 26.0 Å². The molecule has 0 aliphatic heterocycles. The molecule has 0 bridgehead atoms. The van der Waals surface area contributed by atoms with E-state index in [4.69, 9.17) is 5.73 Å². The quantitative estimate of drug-likeness (QED) is 0.712. The zero-order valence-electron chi connectivity index (χ0n) is 11.4. The van der Waals surface area contributed by atoms with Crippen LogP contribution in [0.25, 0.3) is 0 Å². The molecule has 0 aliphatic carbocycles. The van der Waals surface area contributed by atoms with E-state index in [-0.39, 0.29) is 10.6 Å². The molecule has 2 rings (SSSR count). The van der Waals surface area contributed by atoms with Crippen LogP contribution in [0, 0.1) is 13.8 Å². The Morgan fingerprint density at radius 3 is 2.38 bits per heavy atom. The maximum Gasteiger partial charge on any atom is 0.264 e. The van der Waals surface area contributed by atoms with E-state index in [1.165, 1.54) is 6.07 Å². The summed E-state index contributed by atoms with van der Waals surface area (Å²) in [6.07, 6.45) is 0. The number of nitrogen functional groups attached to an aromatic ring is 1. The molecule has 0 fully saturated rings. The van der Waals surface area contributed by atoms with Crippen molar-refractivity contribution in [2.75, 3.05) is 10.5 Å². The van der Waals surface area contributed by atoms with Gasteiger partial charge in [0.1, 0.15) is 4.90 Å². The smallest absolute Gasteiger partial charge is 0.264 e. The number of aryl methyl sites for hydroxylation is 2. The Morgan fingerprint density at radius 2 is 1.76 bits per heavy atom. The first kappa shape index (κ1) is 16.3. The lowest BCUT2D eigenvalue weighted by molar-refractivity contribution is 0.601. The first-order valence-electron chi connectivity index (χ1n) is 6.05. The van der Waals surface area contributed by atoms with Crippen molar-refractivity contribution in [2.45, 2.75) is 18.7 Å². The Labute approximate surface area is 141 Å². The molecular formula is C14H14Br2N2O2S. The minimum absolute atomic E-state index is 0.0451. The number of hydrogen-bond donors (Lipinski definition) is 2. The van der Waals surface area contributed by atoms with E-state index < -0.39 is 10.0 Å². The van der Waals surface area contributed by atoms with Crippen molar-refractivity contribution in [3.63, 3.8) is 0 Å². The lowest BCUT2D eigenvalue weighted by Crippen LogP contribution is -2.16. The van der Waals surface area contributed by atoms with Crippen LogP contribution >= 0.6 is 31.9 Å². The molecule has 0 spiro atoms. The summed E-state index contributed by atoms with van der Waals surface area (Å²) in [5, 5.41) is 0. The van der Waals surface area contributed by atoms with E-state index in [0.29, 0.717) is 14.6 Å². The van der Waals surface area contributed by atoms with E-state index in [1.54, 1.807) is 12.1 Å². The van der Waals surface area contributed by atoms with Gasteiger partial charge in [-0.15, -0.1) is 0 Å². The predicted molar refractivity (Wildman–Crippen MR) is 93.0 cm³/mol. The summed E-state index contributed by atoms with van der Waals surface area (Å²) in [6, 6.07) is 8.49. The molecule has 112 valence electrons. The Kier molecular flexibility index (Phi) is 4.65. The van der Waals surface area contributed by atoms with Gasteiger partial charge in [0.15, 0.2) is 0 Å². The lowest BCUT2D eigenvalue weighted by atomic mass is 10.1. The summed E-state index contributed by atoms with van der Waals surface area (Å²) in [7, 11) is -3.76. The van der Waals surface area contributed by atoms with Gasteiger partial charge in [0.25, 0.3) is 10.0 Å². The van der Waals surface area contributed by atoms with E-state index in [0.717, 1.165) is 11.1 Å². The number of hydrogen-bond acceptors (Lipinski definition) is 3. The zero-order valence-corrected chi connectivity index (χ0v) is 15.4. The fourth-order valence-corrected chi connectivity index (χ4v) is 4.70. The molecule has 0 unspecified atom stereocenters. The van der Waals surface area contributed by atoms with Crippen molar-refractivity contribution in [1.29, 1.82) is 0 Å². The number of benzene rings is 2. The summed E-state index contributed by atoms with van der Waals surface area (Å²) < 4.78 is 29.0. The van der Waals surface area contributed by atoms with Gasteiger partial charge in [-0.05, 0) is 65.2 Å². The van der Waals surface area contributed by atoms with Gasteiger partial charge in [-0.1, -0.05) is 22.0 Å². The number of nitrogens with two attached hydrogens (primary N) is 1. The van der Waals surface area contributed by atoms with Gasteiger partial charge >= 0.3 is 0 Å². The predicted octanol–water partition coefficient (Wildman–Crippen LogP) is 4.21. The second kappa shape index (κ2) is 5.98. The molecule has 0 aromatic heterocycles. The molecule has 0 aliphatic rings. The number of rotatable bonds is 3. The molecule has 0 heterocycles. The topological polar surface area (TPSA) is 72.2 Å². The van der Waals surface area contributed by atoms with Gasteiger partial charge < -0.3 is 5.73 Å². The fourth-order valence-electron chi connectivity index (χ4n) is 1.98. The summed E-state index contributed by atoms with van der Waals surface area (Å²) in [5.74, 6) is 0. The van der Waals surface area contributed by atoms with E-state index in [2.05, 4.69) is 36.6 Å². The van der Waals surface area contributed by atoms with Crippen molar-refractivity contribution in [2.24, 2.45) is 0 Å². The SMILES string of the molecule is Cc1cc(C)c(NS(=O)(=O)c2cc(Br)ccc2N)c(Br)c1. The summed E-state index contributed by atoms with van der Waals surface area (Å²) in [6.45, 7) is 3.79. The Morgan fingerprint density at radius 1 is 1.10 bits per heavy atom. The van der Waals surface area contributed by atoms with Crippen LogP contribution in [0.15, 0.2) is 44.2 Å². The molecule has 2 aromatic carbocycles. The number of nitrogens with one attached hydrogen (secondary N) is 1. The van der Waals surface area contributed by atoms with Gasteiger partial charge in [-0.2, -0.15) is 0 Å². The number of anilines is 2. The van der Waals surface area contributed by atoms with Crippen molar-refractivity contribution in [3.05, 3.63) is 50.4 Å². The normalized spacial score (nSPS) is 11.4. The third kappa shape index (κ3) is 3.59. The van der Waals surface area contributed by atoms with Gasteiger partial charge in [-0.3, -0.25) is 4.72 Å². The van der Waals surface area contributed by atoms with Crippen molar-refractivity contribution in [3.8, 4) is 0 Å². The van der Waals surface area contributed by atoms with E-state index in [9.17, 15) is 8.42 Å². The Hall–Kier alpha value is -1.05. The highest BCUT2D eigenvalue weighted by molar-refractivity contribution is 9.10. The second-order valence-electron chi connectivity index (χ2n) is 4.73. The molecule has 2 aromatic rings. The summed E-state index contributed by atoms with van der Waals surface area (Å²) >= 11 is 6.64. The summed E-state index contributed by atoms with van der Waals surface area (Å²) in [5.41, 5.74) is 8.37. The van der Waals surface area contributed by atoms with Crippen LogP contribution in [-0.4, -0.2) is 8.42 Å². The monoisotopic (exact) mass is 432 g/mol. The molecule has 0 saturated carbocycles. The molecule has 0 radical (unpaired) electrons. The third-order valence-electron chi connectivity index (χ3n) is 2.93. The summed E-state index contributed by atoms with van der Waals surface area (Å²) in [4.78, 5) is 0.0451. The zero-order chi connectivity index (χ0) is 15.8. The molecular weight excluding hydrogens is 420 g/mol. The van der Waals surface area contributed by atoms with Crippen LogP contribution in [0.1, 0.15) is 11.1 Å². The number of halogens is 2. The maximum absolute atomic E-state index is 12.5. The largest absolute Gasteiger partial charge is 0.398 e.